The number of benzene rings is 2. The van der Waals surface area contributed by atoms with Crippen molar-refractivity contribution in [3.8, 4) is 0 Å². The highest BCUT2D eigenvalue weighted by Crippen LogP contribution is 2.49. The first-order valence-electron chi connectivity index (χ1n) is 11.5. The lowest BCUT2D eigenvalue weighted by molar-refractivity contribution is -0.126. The fourth-order valence-electron chi connectivity index (χ4n) is 6.09. The first kappa shape index (κ1) is 21.6. The molecule has 1 amide bonds. The van der Waals surface area contributed by atoms with Gasteiger partial charge in [-0.2, -0.15) is 4.31 Å². The lowest BCUT2D eigenvalue weighted by atomic mass is 9.84. The van der Waals surface area contributed by atoms with Crippen LogP contribution in [0.15, 0.2) is 53.4 Å². The van der Waals surface area contributed by atoms with Crippen molar-refractivity contribution >= 4 is 15.9 Å². The molecular formula is C25H29FN2O3S. The van der Waals surface area contributed by atoms with E-state index in [9.17, 15) is 17.6 Å². The summed E-state index contributed by atoms with van der Waals surface area (Å²) in [6.45, 7) is 2.09. The maximum atomic E-state index is 14.5. The highest BCUT2D eigenvalue weighted by atomic mass is 32.2. The predicted octanol–water partition coefficient (Wildman–Crippen LogP) is 3.88. The maximum absolute atomic E-state index is 14.5. The van der Waals surface area contributed by atoms with E-state index in [-0.39, 0.29) is 24.9 Å². The molecule has 0 aromatic heterocycles. The van der Waals surface area contributed by atoms with Gasteiger partial charge in [0.2, 0.25) is 15.9 Å². The summed E-state index contributed by atoms with van der Waals surface area (Å²) < 4.78 is 42.6. The lowest BCUT2D eigenvalue weighted by Gasteiger charge is -2.36. The van der Waals surface area contributed by atoms with E-state index in [2.05, 4.69) is 5.32 Å². The Hall–Kier alpha value is -2.25. The van der Waals surface area contributed by atoms with Gasteiger partial charge in [-0.25, -0.2) is 12.8 Å². The second-order valence-electron chi connectivity index (χ2n) is 9.61. The number of nitrogens with one attached hydrogen (secondary N) is 1. The first-order chi connectivity index (χ1) is 15.3. The van der Waals surface area contributed by atoms with Crippen LogP contribution in [-0.4, -0.2) is 30.7 Å². The number of rotatable bonds is 5. The molecule has 1 heterocycles. The number of sulfonamides is 1. The summed E-state index contributed by atoms with van der Waals surface area (Å²) in [5, 5.41) is 3.14. The number of fused-ring (bicyclic) bond motifs is 3. The van der Waals surface area contributed by atoms with Crippen LogP contribution in [0.2, 0.25) is 0 Å². The van der Waals surface area contributed by atoms with Crippen LogP contribution in [0, 0.1) is 23.6 Å². The minimum atomic E-state index is -4.20. The van der Waals surface area contributed by atoms with Crippen molar-refractivity contribution in [3.05, 3.63) is 65.5 Å². The summed E-state index contributed by atoms with van der Waals surface area (Å²) in [6, 6.07) is 12.0. The number of amides is 1. The van der Waals surface area contributed by atoms with Crippen LogP contribution in [0.3, 0.4) is 0 Å². The van der Waals surface area contributed by atoms with Crippen molar-refractivity contribution in [3.63, 3.8) is 0 Å². The molecule has 2 aromatic carbocycles. The van der Waals surface area contributed by atoms with Crippen molar-refractivity contribution in [2.45, 2.75) is 62.6 Å². The van der Waals surface area contributed by atoms with Gasteiger partial charge < -0.3 is 5.32 Å². The van der Waals surface area contributed by atoms with Gasteiger partial charge in [0.05, 0.1) is 0 Å². The largest absolute Gasteiger partial charge is 0.352 e. The standard InChI is InChI=1S/C25H29FN2O3S/c1-16(21-13-17-10-11-19(21)12-17)27-25(29)23-14-18-6-2-3-7-20(18)15-28(23)32(30,31)24-9-5-4-8-22(24)26/h2-9,16-17,19,21,23H,10-15H2,1H3,(H,27,29)/t16-,17-,19-,21-,23-/m0/s1. The summed E-state index contributed by atoms with van der Waals surface area (Å²) in [5.74, 6) is 0.769. The van der Waals surface area contributed by atoms with E-state index in [1.165, 1.54) is 41.8 Å². The van der Waals surface area contributed by atoms with E-state index < -0.39 is 26.8 Å². The number of carbonyl (C=O) groups is 1. The number of carbonyl (C=O) groups excluding carboxylic acids is 1. The Kier molecular flexibility index (Phi) is 5.58. The van der Waals surface area contributed by atoms with Gasteiger partial charge in [-0.05, 0) is 73.6 Å². The second kappa shape index (κ2) is 8.27. The molecular weight excluding hydrogens is 427 g/mol. The third-order valence-corrected chi connectivity index (χ3v) is 9.62. The molecule has 5 atom stereocenters. The lowest BCUT2D eigenvalue weighted by Crippen LogP contribution is -2.55. The number of nitrogens with zero attached hydrogens (tertiary/aromatic N) is 1. The molecule has 2 aliphatic carbocycles. The molecule has 2 saturated carbocycles. The summed E-state index contributed by atoms with van der Waals surface area (Å²) >= 11 is 0. The van der Waals surface area contributed by atoms with E-state index in [0.29, 0.717) is 11.8 Å². The van der Waals surface area contributed by atoms with Crippen molar-refractivity contribution in [1.29, 1.82) is 0 Å². The predicted molar refractivity (Wildman–Crippen MR) is 120 cm³/mol. The first-order valence-corrected chi connectivity index (χ1v) is 12.9. The van der Waals surface area contributed by atoms with Crippen molar-refractivity contribution in [2.24, 2.45) is 17.8 Å². The van der Waals surface area contributed by atoms with E-state index in [4.69, 9.17) is 0 Å². The Balaban J connectivity index is 1.44. The smallest absolute Gasteiger partial charge is 0.247 e. The quantitative estimate of drug-likeness (QED) is 0.743. The average molecular weight is 457 g/mol. The molecule has 0 radical (unpaired) electrons. The third kappa shape index (κ3) is 3.75. The molecule has 5 nitrogen and oxygen atoms in total. The van der Waals surface area contributed by atoms with Crippen LogP contribution in [0.5, 0.6) is 0 Å². The number of halogens is 1. The molecule has 1 N–H and O–H groups in total. The van der Waals surface area contributed by atoms with Crippen LogP contribution in [0.4, 0.5) is 4.39 Å². The van der Waals surface area contributed by atoms with Crippen molar-refractivity contribution in [1.82, 2.24) is 9.62 Å². The zero-order valence-electron chi connectivity index (χ0n) is 18.2. The molecule has 3 aliphatic rings. The normalized spacial score (nSPS) is 28.3. The van der Waals surface area contributed by atoms with Crippen molar-refractivity contribution < 1.29 is 17.6 Å². The van der Waals surface area contributed by atoms with E-state index in [0.717, 1.165) is 29.5 Å². The Morgan fingerprint density at radius 1 is 1.06 bits per heavy atom. The molecule has 2 bridgehead atoms. The van der Waals surface area contributed by atoms with Gasteiger partial charge in [-0.15, -0.1) is 0 Å². The van der Waals surface area contributed by atoms with Gasteiger partial charge in [0.1, 0.15) is 16.8 Å². The van der Waals surface area contributed by atoms with Crippen LogP contribution in [0.1, 0.15) is 43.7 Å². The molecule has 0 saturated heterocycles. The highest BCUT2D eigenvalue weighted by Gasteiger charge is 2.44. The molecule has 2 fully saturated rings. The topological polar surface area (TPSA) is 66.5 Å². The van der Waals surface area contributed by atoms with Gasteiger partial charge >= 0.3 is 0 Å². The molecule has 5 rings (SSSR count). The molecule has 7 heteroatoms. The molecule has 0 unspecified atom stereocenters. The van der Waals surface area contributed by atoms with Crippen LogP contribution >= 0.6 is 0 Å². The van der Waals surface area contributed by atoms with Gasteiger partial charge in [0.25, 0.3) is 0 Å². The number of hydrogen-bond donors (Lipinski definition) is 1. The minimum absolute atomic E-state index is 0.00649. The fraction of sp³-hybridized carbons (Fsp3) is 0.480. The van der Waals surface area contributed by atoms with Gasteiger partial charge in [0, 0.05) is 12.6 Å². The highest BCUT2D eigenvalue weighted by molar-refractivity contribution is 7.89. The summed E-state index contributed by atoms with van der Waals surface area (Å²) in [6.07, 6.45) is 5.17. The zero-order chi connectivity index (χ0) is 22.5. The van der Waals surface area contributed by atoms with E-state index >= 15 is 0 Å². The van der Waals surface area contributed by atoms with Gasteiger partial charge in [-0.1, -0.05) is 42.8 Å². The van der Waals surface area contributed by atoms with E-state index in [1.807, 2.05) is 31.2 Å². The Bertz CT molecular complexity index is 1140. The Labute approximate surface area is 189 Å². The number of hydrogen-bond acceptors (Lipinski definition) is 3. The molecule has 1 aliphatic heterocycles. The molecule has 170 valence electrons. The minimum Gasteiger partial charge on any atom is -0.352 e. The SMILES string of the molecule is C[C@H](NC(=O)[C@@H]1Cc2ccccc2CN1S(=O)(=O)c1ccccc1F)[C@@H]1C[C@H]2CC[C@H]1C2. The molecule has 0 spiro atoms. The van der Waals surface area contributed by atoms with E-state index in [1.54, 1.807) is 0 Å². The molecule has 32 heavy (non-hydrogen) atoms. The summed E-state index contributed by atoms with van der Waals surface area (Å²) in [4.78, 5) is 13.1. The van der Waals surface area contributed by atoms with Gasteiger partial charge in [-0.3, -0.25) is 4.79 Å². The third-order valence-electron chi connectivity index (χ3n) is 7.74. The van der Waals surface area contributed by atoms with Gasteiger partial charge in [0.15, 0.2) is 0 Å². The van der Waals surface area contributed by atoms with Crippen LogP contribution in [0.25, 0.3) is 0 Å². The van der Waals surface area contributed by atoms with Crippen LogP contribution in [-0.2, 0) is 27.8 Å². The zero-order valence-corrected chi connectivity index (χ0v) is 19.0. The van der Waals surface area contributed by atoms with Crippen molar-refractivity contribution in [2.75, 3.05) is 0 Å². The maximum Gasteiger partial charge on any atom is 0.247 e. The Morgan fingerprint density at radius 2 is 1.78 bits per heavy atom. The Morgan fingerprint density at radius 3 is 2.47 bits per heavy atom. The fourth-order valence-corrected chi connectivity index (χ4v) is 7.72. The summed E-state index contributed by atoms with van der Waals surface area (Å²) in [5.41, 5.74) is 1.80. The van der Waals surface area contributed by atoms with Crippen LogP contribution < -0.4 is 5.32 Å². The second-order valence-corrected chi connectivity index (χ2v) is 11.5. The molecule has 2 aromatic rings. The monoisotopic (exact) mass is 456 g/mol. The average Bonchev–Trinajstić information content (AvgIpc) is 3.42. The summed E-state index contributed by atoms with van der Waals surface area (Å²) in [7, 11) is -4.20.